The fourth-order valence-corrected chi connectivity index (χ4v) is 5.97. The molecule has 0 aliphatic carbocycles. The van der Waals surface area contributed by atoms with Crippen molar-refractivity contribution in [2.24, 2.45) is 0 Å². The summed E-state index contributed by atoms with van der Waals surface area (Å²) in [6.45, 7) is 6.45. The second kappa shape index (κ2) is 40.4. The summed E-state index contributed by atoms with van der Waals surface area (Å²) < 4.78 is 16.6. The van der Waals surface area contributed by atoms with Crippen LogP contribution in [-0.2, 0) is 28.6 Å². The molecule has 51 heavy (non-hydrogen) atoms. The van der Waals surface area contributed by atoms with E-state index in [1.807, 2.05) is 0 Å². The Balaban J connectivity index is 4.38. The van der Waals surface area contributed by atoms with Crippen LogP contribution in [-0.4, -0.2) is 37.2 Å². The van der Waals surface area contributed by atoms with E-state index >= 15 is 0 Å². The quantitative estimate of drug-likeness (QED) is 0.0274. The first-order valence-electron chi connectivity index (χ1n) is 21.5. The van der Waals surface area contributed by atoms with Crippen molar-refractivity contribution >= 4 is 17.9 Å². The van der Waals surface area contributed by atoms with Gasteiger partial charge in [-0.25, -0.2) is 0 Å². The van der Waals surface area contributed by atoms with Gasteiger partial charge in [-0.15, -0.1) is 0 Å². The molecule has 0 amide bonds. The molecule has 0 spiro atoms. The van der Waals surface area contributed by atoms with Crippen LogP contribution in [0.2, 0.25) is 0 Å². The fraction of sp³-hybridized carbons (Fsp3) is 0.800. The standard InChI is InChI=1S/C45H80O6/c1-4-7-10-13-16-19-22-23-24-27-29-32-35-38-44(47)50-41-42(51-45(48)39-36-33-30-26-21-18-15-12-9-6-3)40-49-43(46)37-34-31-28-25-20-17-14-11-8-5-2/h7,10,13,16,19,22,42H,4-6,8-9,11-12,14-15,17-18,20-21,23-41H2,1-3H3/b10-7-,16-13-,22-19-. The van der Waals surface area contributed by atoms with Gasteiger partial charge >= 0.3 is 17.9 Å². The third-order valence-corrected chi connectivity index (χ3v) is 9.22. The molecule has 1 atom stereocenters. The van der Waals surface area contributed by atoms with E-state index in [0.717, 1.165) is 83.5 Å². The first kappa shape index (κ1) is 48.6. The van der Waals surface area contributed by atoms with E-state index in [1.54, 1.807) is 0 Å². The van der Waals surface area contributed by atoms with Crippen molar-refractivity contribution in [3.05, 3.63) is 36.5 Å². The van der Waals surface area contributed by atoms with Gasteiger partial charge in [-0.3, -0.25) is 14.4 Å². The molecule has 0 aliphatic rings. The lowest BCUT2D eigenvalue weighted by molar-refractivity contribution is -0.167. The maximum Gasteiger partial charge on any atom is 0.306 e. The Kier molecular flexibility index (Phi) is 38.5. The van der Waals surface area contributed by atoms with Crippen molar-refractivity contribution in [1.29, 1.82) is 0 Å². The molecule has 0 aliphatic heterocycles. The molecule has 0 aromatic heterocycles. The maximum atomic E-state index is 12.6. The molecule has 0 bridgehead atoms. The topological polar surface area (TPSA) is 78.9 Å². The molecule has 296 valence electrons. The number of carbonyl (C=O) groups excluding carboxylic acids is 3. The number of rotatable bonds is 38. The minimum absolute atomic E-state index is 0.0761. The number of carbonyl (C=O) groups is 3. The summed E-state index contributed by atoms with van der Waals surface area (Å²) in [6, 6.07) is 0. The fourth-order valence-electron chi connectivity index (χ4n) is 5.97. The predicted octanol–water partition coefficient (Wildman–Crippen LogP) is 13.4. The molecule has 0 radical (unpaired) electrons. The van der Waals surface area contributed by atoms with Crippen molar-refractivity contribution in [3.63, 3.8) is 0 Å². The molecule has 0 fully saturated rings. The van der Waals surface area contributed by atoms with Gasteiger partial charge in [0.1, 0.15) is 13.2 Å². The highest BCUT2D eigenvalue weighted by Crippen LogP contribution is 2.14. The summed E-state index contributed by atoms with van der Waals surface area (Å²) in [4.78, 5) is 37.6. The highest BCUT2D eigenvalue weighted by atomic mass is 16.6. The van der Waals surface area contributed by atoms with Gasteiger partial charge in [-0.05, 0) is 38.5 Å². The van der Waals surface area contributed by atoms with Crippen LogP contribution < -0.4 is 0 Å². The normalized spacial score (nSPS) is 12.3. The van der Waals surface area contributed by atoms with E-state index < -0.39 is 6.10 Å². The average Bonchev–Trinajstić information content (AvgIpc) is 3.12. The number of hydrogen-bond donors (Lipinski definition) is 0. The summed E-state index contributed by atoms with van der Waals surface area (Å²) >= 11 is 0. The second-order valence-electron chi connectivity index (χ2n) is 14.3. The number of esters is 3. The van der Waals surface area contributed by atoms with Gasteiger partial charge in [0.25, 0.3) is 0 Å². The van der Waals surface area contributed by atoms with Crippen LogP contribution in [0.15, 0.2) is 36.5 Å². The van der Waals surface area contributed by atoms with E-state index in [1.165, 1.54) is 89.9 Å². The van der Waals surface area contributed by atoms with Gasteiger partial charge < -0.3 is 14.2 Å². The van der Waals surface area contributed by atoms with Gasteiger partial charge in [-0.1, -0.05) is 192 Å². The molecule has 0 heterocycles. The molecule has 0 saturated carbocycles. The summed E-state index contributed by atoms with van der Waals surface area (Å²) in [7, 11) is 0. The van der Waals surface area contributed by atoms with Gasteiger partial charge in [-0.2, -0.15) is 0 Å². The van der Waals surface area contributed by atoms with E-state index in [9.17, 15) is 14.4 Å². The van der Waals surface area contributed by atoms with Gasteiger partial charge in [0.15, 0.2) is 6.10 Å². The van der Waals surface area contributed by atoms with Gasteiger partial charge in [0, 0.05) is 19.3 Å². The molecule has 0 rings (SSSR count). The molecular weight excluding hydrogens is 636 g/mol. The predicted molar refractivity (Wildman–Crippen MR) is 215 cm³/mol. The molecule has 0 aromatic rings. The minimum Gasteiger partial charge on any atom is -0.462 e. The maximum absolute atomic E-state index is 12.6. The average molecular weight is 717 g/mol. The highest BCUT2D eigenvalue weighted by molar-refractivity contribution is 5.71. The molecule has 0 aromatic carbocycles. The first-order chi connectivity index (χ1) is 25.0. The van der Waals surface area contributed by atoms with Crippen molar-refractivity contribution in [1.82, 2.24) is 0 Å². The number of allylic oxidation sites excluding steroid dienone is 6. The highest BCUT2D eigenvalue weighted by Gasteiger charge is 2.19. The van der Waals surface area contributed by atoms with Crippen LogP contribution in [0.25, 0.3) is 0 Å². The number of hydrogen-bond acceptors (Lipinski definition) is 6. The summed E-state index contributed by atoms with van der Waals surface area (Å²) in [6.07, 6.45) is 44.1. The van der Waals surface area contributed by atoms with E-state index in [4.69, 9.17) is 14.2 Å². The lowest BCUT2D eigenvalue weighted by Gasteiger charge is -2.18. The molecule has 6 nitrogen and oxygen atoms in total. The summed E-state index contributed by atoms with van der Waals surface area (Å²) in [5, 5.41) is 0. The third kappa shape index (κ3) is 38.7. The monoisotopic (exact) mass is 717 g/mol. The smallest absolute Gasteiger partial charge is 0.306 e. The Hall–Kier alpha value is -2.37. The van der Waals surface area contributed by atoms with Crippen molar-refractivity contribution < 1.29 is 28.6 Å². The van der Waals surface area contributed by atoms with Crippen molar-refractivity contribution in [2.75, 3.05) is 13.2 Å². The number of ether oxygens (including phenoxy) is 3. The van der Waals surface area contributed by atoms with E-state index in [2.05, 4.69) is 57.2 Å². The van der Waals surface area contributed by atoms with Crippen molar-refractivity contribution in [3.8, 4) is 0 Å². The summed E-state index contributed by atoms with van der Waals surface area (Å²) in [5.74, 6) is -0.900. The Bertz CT molecular complexity index is 876. The molecule has 0 saturated heterocycles. The summed E-state index contributed by atoms with van der Waals surface area (Å²) in [5.41, 5.74) is 0. The molecule has 6 heteroatoms. The third-order valence-electron chi connectivity index (χ3n) is 9.22. The van der Waals surface area contributed by atoms with Crippen LogP contribution >= 0.6 is 0 Å². The van der Waals surface area contributed by atoms with Crippen molar-refractivity contribution in [2.45, 2.75) is 219 Å². The van der Waals surface area contributed by atoms with Crippen LogP contribution in [0, 0.1) is 0 Å². The zero-order valence-electron chi connectivity index (χ0n) is 33.6. The lowest BCUT2D eigenvalue weighted by Crippen LogP contribution is -2.30. The lowest BCUT2D eigenvalue weighted by atomic mass is 10.1. The Labute approximate surface area is 315 Å². The molecule has 0 N–H and O–H groups in total. The Morgan fingerprint density at radius 2 is 0.765 bits per heavy atom. The van der Waals surface area contributed by atoms with Crippen LogP contribution in [0.1, 0.15) is 213 Å². The molecular formula is C45H80O6. The van der Waals surface area contributed by atoms with E-state index in [-0.39, 0.29) is 31.1 Å². The Morgan fingerprint density at radius 1 is 0.412 bits per heavy atom. The van der Waals surface area contributed by atoms with Gasteiger partial charge in [0.2, 0.25) is 0 Å². The first-order valence-corrected chi connectivity index (χ1v) is 21.5. The minimum atomic E-state index is -0.771. The Morgan fingerprint density at radius 3 is 1.18 bits per heavy atom. The zero-order valence-corrected chi connectivity index (χ0v) is 33.6. The van der Waals surface area contributed by atoms with Crippen LogP contribution in [0.5, 0.6) is 0 Å². The number of unbranched alkanes of at least 4 members (excludes halogenated alkanes) is 23. The zero-order chi connectivity index (χ0) is 37.3. The van der Waals surface area contributed by atoms with E-state index in [0.29, 0.717) is 19.3 Å². The van der Waals surface area contributed by atoms with Crippen LogP contribution in [0.3, 0.4) is 0 Å². The second-order valence-corrected chi connectivity index (χ2v) is 14.3. The molecule has 1 unspecified atom stereocenters. The van der Waals surface area contributed by atoms with Gasteiger partial charge in [0.05, 0.1) is 0 Å². The SMILES string of the molecule is CC\C=C/C=C\C=C/CCCCCCCC(=O)OCC(COC(=O)CCCCCCCCCCCC)OC(=O)CCCCCCCCCCCC. The van der Waals surface area contributed by atoms with Crippen LogP contribution in [0.4, 0.5) is 0 Å². The largest absolute Gasteiger partial charge is 0.462 e.